The van der Waals surface area contributed by atoms with Crippen LogP contribution in [0.3, 0.4) is 0 Å². The summed E-state index contributed by atoms with van der Waals surface area (Å²) >= 11 is 0. The van der Waals surface area contributed by atoms with E-state index >= 15 is 0 Å². The summed E-state index contributed by atoms with van der Waals surface area (Å²) in [6, 6.07) is 17.8. The van der Waals surface area contributed by atoms with Gasteiger partial charge in [-0.2, -0.15) is 0 Å². The summed E-state index contributed by atoms with van der Waals surface area (Å²) in [6.07, 6.45) is 4.36. The Morgan fingerprint density at radius 3 is 2.58 bits per heavy atom. The van der Waals surface area contributed by atoms with E-state index in [1.165, 1.54) is 0 Å². The minimum Gasteiger partial charge on any atom is -0.488 e. The highest BCUT2D eigenvalue weighted by Crippen LogP contribution is 2.29. The molecular formula is C16H12NO2. The minimum atomic E-state index is 0.531. The second-order valence-electron chi connectivity index (χ2n) is 4.11. The predicted octanol–water partition coefficient (Wildman–Crippen LogP) is 3.72. The average molecular weight is 250 g/mol. The molecule has 0 aliphatic carbocycles. The zero-order chi connectivity index (χ0) is 12.9. The van der Waals surface area contributed by atoms with E-state index in [1.807, 2.05) is 54.6 Å². The zero-order valence-electron chi connectivity index (χ0n) is 10.2. The maximum atomic E-state index is 5.86. The van der Waals surface area contributed by atoms with Crippen LogP contribution >= 0.6 is 0 Å². The van der Waals surface area contributed by atoms with Gasteiger partial charge >= 0.3 is 0 Å². The second-order valence-corrected chi connectivity index (χ2v) is 4.11. The largest absolute Gasteiger partial charge is 0.488 e. The van der Waals surface area contributed by atoms with E-state index in [4.69, 9.17) is 9.26 Å². The molecular weight excluding hydrogens is 238 g/mol. The molecule has 0 fully saturated rings. The third-order valence-electron chi connectivity index (χ3n) is 2.80. The molecule has 0 unspecified atom stereocenters. The Labute approximate surface area is 111 Å². The Morgan fingerprint density at radius 1 is 1.00 bits per heavy atom. The molecule has 3 rings (SSSR count). The van der Waals surface area contributed by atoms with Crippen LogP contribution in [-0.2, 0) is 6.61 Å². The molecule has 3 aromatic rings. The third kappa shape index (κ3) is 2.65. The van der Waals surface area contributed by atoms with Crippen LogP contribution < -0.4 is 4.74 Å². The number of ether oxygens (including phenoxy) is 1. The molecule has 0 saturated carbocycles. The van der Waals surface area contributed by atoms with Crippen LogP contribution in [0, 0.1) is 6.20 Å². The van der Waals surface area contributed by atoms with Gasteiger partial charge in [0.1, 0.15) is 24.8 Å². The first-order valence-corrected chi connectivity index (χ1v) is 6.01. The van der Waals surface area contributed by atoms with Crippen LogP contribution in [0.1, 0.15) is 5.56 Å². The maximum absolute atomic E-state index is 5.86. The molecule has 0 aliphatic heterocycles. The minimum absolute atomic E-state index is 0.531. The summed E-state index contributed by atoms with van der Waals surface area (Å²) in [6.45, 7) is 0.531. The van der Waals surface area contributed by atoms with Gasteiger partial charge in [0, 0.05) is 5.56 Å². The summed E-state index contributed by atoms with van der Waals surface area (Å²) in [4.78, 5) is 0. The topological polar surface area (TPSA) is 35.3 Å². The van der Waals surface area contributed by atoms with Gasteiger partial charge in [0.2, 0.25) is 0 Å². The fourth-order valence-corrected chi connectivity index (χ4v) is 1.85. The predicted molar refractivity (Wildman–Crippen MR) is 71.5 cm³/mol. The fourth-order valence-electron chi connectivity index (χ4n) is 1.85. The van der Waals surface area contributed by atoms with Crippen LogP contribution in [0.4, 0.5) is 0 Å². The van der Waals surface area contributed by atoms with Crippen LogP contribution in [-0.4, -0.2) is 5.16 Å². The summed E-state index contributed by atoms with van der Waals surface area (Å²) in [5.41, 5.74) is 2.86. The van der Waals surface area contributed by atoms with Gasteiger partial charge in [-0.25, -0.2) is 0 Å². The average Bonchev–Trinajstić information content (AvgIpc) is 3.01. The van der Waals surface area contributed by atoms with E-state index in [-0.39, 0.29) is 0 Å². The molecule has 1 heterocycles. The van der Waals surface area contributed by atoms with Gasteiger partial charge < -0.3 is 9.26 Å². The normalized spacial score (nSPS) is 10.3. The first-order valence-electron chi connectivity index (χ1n) is 6.01. The zero-order valence-corrected chi connectivity index (χ0v) is 10.2. The number of nitrogens with zero attached hydrogens (tertiary/aromatic N) is 1. The van der Waals surface area contributed by atoms with Crippen LogP contribution in [0.2, 0.25) is 0 Å². The Bertz CT molecular complexity index is 633. The Balaban J connectivity index is 1.82. The number of hydrogen-bond donors (Lipinski definition) is 0. The highest BCUT2D eigenvalue weighted by atomic mass is 16.5. The van der Waals surface area contributed by atoms with Crippen molar-refractivity contribution < 1.29 is 9.26 Å². The van der Waals surface area contributed by atoms with Gasteiger partial charge in [0.05, 0.1) is 5.56 Å². The van der Waals surface area contributed by atoms with Gasteiger partial charge in [0.15, 0.2) is 0 Å². The van der Waals surface area contributed by atoms with Crippen molar-refractivity contribution in [1.82, 2.24) is 5.16 Å². The van der Waals surface area contributed by atoms with Crippen molar-refractivity contribution in [1.29, 1.82) is 0 Å². The lowest BCUT2D eigenvalue weighted by Crippen LogP contribution is -1.96. The highest BCUT2D eigenvalue weighted by Gasteiger charge is 2.08. The van der Waals surface area contributed by atoms with E-state index in [2.05, 4.69) is 11.4 Å². The van der Waals surface area contributed by atoms with Gasteiger partial charge in [-0.1, -0.05) is 53.7 Å². The lowest BCUT2D eigenvalue weighted by Gasteiger charge is -2.09. The Morgan fingerprint density at radius 2 is 1.79 bits per heavy atom. The van der Waals surface area contributed by atoms with Crippen molar-refractivity contribution in [3.05, 3.63) is 72.6 Å². The van der Waals surface area contributed by atoms with Gasteiger partial charge in [-0.3, -0.25) is 0 Å². The van der Waals surface area contributed by atoms with Crippen LogP contribution in [0.25, 0.3) is 11.1 Å². The van der Waals surface area contributed by atoms with Gasteiger partial charge in [0.25, 0.3) is 0 Å². The molecule has 1 aromatic heterocycles. The SMILES string of the molecule is [c]1nocc1-c1ccccc1OCc1ccccc1. The molecule has 1 radical (unpaired) electrons. The van der Waals surface area contributed by atoms with Gasteiger partial charge in [-0.05, 0) is 11.6 Å². The molecule has 2 aromatic carbocycles. The number of benzene rings is 2. The maximum Gasteiger partial charge on any atom is 0.144 e. The second kappa shape index (κ2) is 5.40. The molecule has 3 heteroatoms. The number of rotatable bonds is 4. The van der Waals surface area contributed by atoms with Crippen molar-refractivity contribution >= 4 is 0 Å². The van der Waals surface area contributed by atoms with Crippen molar-refractivity contribution in [3.8, 4) is 16.9 Å². The molecule has 0 amide bonds. The van der Waals surface area contributed by atoms with E-state index in [0.29, 0.717) is 6.61 Å². The quantitative estimate of drug-likeness (QED) is 0.707. The summed E-state index contributed by atoms with van der Waals surface area (Å²) in [5.74, 6) is 0.797. The smallest absolute Gasteiger partial charge is 0.144 e. The van der Waals surface area contributed by atoms with Crippen LogP contribution in [0.5, 0.6) is 5.75 Å². The molecule has 0 N–H and O–H groups in total. The summed E-state index contributed by atoms with van der Waals surface area (Å²) < 4.78 is 10.7. The van der Waals surface area contributed by atoms with E-state index < -0.39 is 0 Å². The fraction of sp³-hybridized carbons (Fsp3) is 0.0625. The van der Waals surface area contributed by atoms with Gasteiger partial charge in [-0.15, -0.1) is 0 Å². The Hall–Kier alpha value is -2.55. The Kier molecular flexibility index (Phi) is 3.28. The summed E-state index contributed by atoms with van der Waals surface area (Å²) in [7, 11) is 0. The van der Waals surface area contributed by atoms with E-state index in [9.17, 15) is 0 Å². The first-order chi connectivity index (χ1) is 9.43. The van der Waals surface area contributed by atoms with Crippen molar-refractivity contribution in [2.75, 3.05) is 0 Å². The van der Waals surface area contributed by atoms with E-state index in [0.717, 1.165) is 22.4 Å². The molecule has 19 heavy (non-hydrogen) atoms. The van der Waals surface area contributed by atoms with Crippen molar-refractivity contribution in [2.45, 2.75) is 6.61 Å². The third-order valence-corrected chi connectivity index (χ3v) is 2.80. The molecule has 0 bridgehead atoms. The molecule has 0 spiro atoms. The number of aromatic nitrogens is 1. The standard InChI is InChI=1S/C16H12NO2/c1-2-6-13(7-3-1)11-18-16-9-5-4-8-15(16)14-10-17-19-12-14/h1-9,12H,11H2. The molecule has 0 saturated heterocycles. The van der Waals surface area contributed by atoms with E-state index in [1.54, 1.807) is 6.26 Å². The lowest BCUT2D eigenvalue weighted by molar-refractivity contribution is 0.307. The molecule has 3 nitrogen and oxygen atoms in total. The van der Waals surface area contributed by atoms with Crippen molar-refractivity contribution in [3.63, 3.8) is 0 Å². The monoisotopic (exact) mass is 250 g/mol. The molecule has 0 atom stereocenters. The van der Waals surface area contributed by atoms with Crippen molar-refractivity contribution in [2.24, 2.45) is 0 Å². The van der Waals surface area contributed by atoms with Crippen LogP contribution in [0.15, 0.2) is 65.4 Å². The summed E-state index contributed by atoms with van der Waals surface area (Å²) in [5, 5.41) is 3.60. The highest BCUT2D eigenvalue weighted by molar-refractivity contribution is 5.68. The number of hydrogen-bond acceptors (Lipinski definition) is 3. The lowest BCUT2D eigenvalue weighted by atomic mass is 10.1. The molecule has 0 aliphatic rings. The number of para-hydroxylation sites is 1. The molecule has 93 valence electrons. The first kappa shape index (κ1) is 11.5.